The van der Waals surface area contributed by atoms with Crippen LogP contribution >= 0.6 is 0 Å². The molecule has 2 aromatic rings. The molecule has 0 fully saturated rings. The van der Waals surface area contributed by atoms with Crippen LogP contribution in [0.25, 0.3) is 0 Å². The molecule has 0 N–H and O–H groups in total. The van der Waals surface area contributed by atoms with E-state index in [1.807, 2.05) is 0 Å². The largest absolute Gasteiger partial charge is 0.208 e. The molecule has 0 saturated heterocycles. The lowest BCUT2D eigenvalue weighted by Crippen LogP contribution is -2.25. The molecule has 1 aromatic heterocycles. The van der Waals surface area contributed by atoms with Crippen LogP contribution in [0.1, 0.15) is 62.1 Å². The standard InChI is InChI=1S/C22H32N/c1-3-4-5-6-7-8-9-20-10-12-21(13-11-20)14-15-22-16-18-23(2)19-17-22/h10-13,16-19H,3-9,14-15H2,1-2H3/q+1. The molecule has 1 heterocycles. The summed E-state index contributed by atoms with van der Waals surface area (Å²) in [6.07, 6.45) is 16.0. The van der Waals surface area contributed by atoms with Gasteiger partial charge in [-0.2, -0.15) is 0 Å². The van der Waals surface area contributed by atoms with E-state index in [2.05, 4.69) is 67.3 Å². The van der Waals surface area contributed by atoms with Crippen LogP contribution in [-0.4, -0.2) is 0 Å². The summed E-state index contributed by atoms with van der Waals surface area (Å²) < 4.78 is 2.08. The Morgan fingerprint density at radius 3 is 1.70 bits per heavy atom. The Morgan fingerprint density at radius 1 is 0.609 bits per heavy atom. The van der Waals surface area contributed by atoms with E-state index in [0.717, 1.165) is 12.8 Å². The first-order chi connectivity index (χ1) is 11.3. The highest BCUT2D eigenvalue weighted by Gasteiger charge is 1.99. The zero-order chi connectivity index (χ0) is 16.3. The van der Waals surface area contributed by atoms with Crippen LogP contribution < -0.4 is 4.57 Å². The number of nitrogens with zero attached hydrogens (tertiary/aromatic N) is 1. The average molecular weight is 311 g/mol. The van der Waals surface area contributed by atoms with E-state index < -0.39 is 0 Å². The second kappa shape index (κ2) is 10.2. The Hall–Kier alpha value is -1.63. The van der Waals surface area contributed by atoms with Gasteiger partial charge in [-0.15, -0.1) is 0 Å². The van der Waals surface area contributed by atoms with E-state index >= 15 is 0 Å². The van der Waals surface area contributed by atoms with Crippen molar-refractivity contribution in [2.75, 3.05) is 0 Å². The Kier molecular flexibility index (Phi) is 7.86. The summed E-state index contributed by atoms with van der Waals surface area (Å²) >= 11 is 0. The van der Waals surface area contributed by atoms with Gasteiger partial charge in [0.1, 0.15) is 7.05 Å². The first-order valence-electron chi connectivity index (χ1n) is 9.30. The molecule has 0 bridgehead atoms. The fraction of sp³-hybridized carbons (Fsp3) is 0.500. The third-order valence-corrected chi connectivity index (χ3v) is 4.59. The molecule has 2 rings (SSSR count). The lowest BCUT2D eigenvalue weighted by molar-refractivity contribution is -0.671. The molecule has 0 unspecified atom stereocenters. The molecular weight excluding hydrogens is 278 g/mol. The molecule has 0 aliphatic carbocycles. The summed E-state index contributed by atoms with van der Waals surface area (Å²) in [6.45, 7) is 2.28. The zero-order valence-corrected chi connectivity index (χ0v) is 14.9. The summed E-state index contributed by atoms with van der Waals surface area (Å²) in [5, 5.41) is 0. The number of aromatic nitrogens is 1. The number of aryl methyl sites for hydroxylation is 4. The Morgan fingerprint density at radius 2 is 1.09 bits per heavy atom. The van der Waals surface area contributed by atoms with E-state index in [1.54, 1.807) is 0 Å². The van der Waals surface area contributed by atoms with Gasteiger partial charge in [-0.3, -0.25) is 0 Å². The van der Waals surface area contributed by atoms with Crippen LogP contribution in [0.5, 0.6) is 0 Å². The highest BCUT2D eigenvalue weighted by molar-refractivity contribution is 5.24. The van der Waals surface area contributed by atoms with Crippen molar-refractivity contribution >= 4 is 0 Å². The van der Waals surface area contributed by atoms with Crippen molar-refractivity contribution < 1.29 is 4.57 Å². The van der Waals surface area contributed by atoms with Crippen molar-refractivity contribution in [1.29, 1.82) is 0 Å². The maximum Gasteiger partial charge on any atom is 0.168 e. The Bertz CT molecular complexity index is 539. The van der Waals surface area contributed by atoms with E-state index in [4.69, 9.17) is 0 Å². The van der Waals surface area contributed by atoms with Crippen LogP contribution in [0, 0.1) is 0 Å². The van der Waals surface area contributed by atoms with Crippen molar-refractivity contribution in [3.8, 4) is 0 Å². The number of hydrogen-bond donors (Lipinski definition) is 0. The van der Waals surface area contributed by atoms with E-state index in [1.165, 1.54) is 61.6 Å². The molecule has 1 aromatic carbocycles. The first-order valence-corrected chi connectivity index (χ1v) is 9.30. The monoisotopic (exact) mass is 310 g/mol. The SMILES string of the molecule is CCCCCCCCc1ccc(CCc2cc[n+](C)cc2)cc1. The van der Waals surface area contributed by atoms with Crippen LogP contribution in [0.4, 0.5) is 0 Å². The second-order valence-electron chi connectivity index (χ2n) is 6.71. The van der Waals surface area contributed by atoms with Gasteiger partial charge in [-0.1, -0.05) is 63.3 Å². The van der Waals surface area contributed by atoms with Gasteiger partial charge in [0.2, 0.25) is 0 Å². The molecule has 0 radical (unpaired) electrons. The van der Waals surface area contributed by atoms with Crippen molar-refractivity contribution in [3.63, 3.8) is 0 Å². The molecule has 0 aliphatic rings. The van der Waals surface area contributed by atoms with Gasteiger partial charge in [-0.05, 0) is 42.4 Å². The van der Waals surface area contributed by atoms with Gasteiger partial charge in [-0.25, -0.2) is 4.57 Å². The van der Waals surface area contributed by atoms with Crippen molar-refractivity contribution in [3.05, 3.63) is 65.5 Å². The van der Waals surface area contributed by atoms with Gasteiger partial charge < -0.3 is 0 Å². The molecule has 0 saturated carbocycles. The normalized spacial score (nSPS) is 10.9. The third kappa shape index (κ3) is 6.99. The summed E-state index contributed by atoms with van der Waals surface area (Å²) in [4.78, 5) is 0. The molecule has 124 valence electrons. The minimum absolute atomic E-state index is 1.12. The quantitative estimate of drug-likeness (QED) is 0.419. The first kappa shape index (κ1) is 17.7. The second-order valence-corrected chi connectivity index (χ2v) is 6.71. The lowest BCUT2D eigenvalue weighted by Gasteiger charge is -2.05. The van der Waals surface area contributed by atoms with E-state index in [9.17, 15) is 0 Å². The highest BCUT2D eigenvalue weighted by Crippen LogP contribution is 2.12. The van der Waals surface area contributed by atoms with Crippen LogP contribution in [-0.2, 0) is 26.3 Å². The maximum atomic E-state index is 2.33. The summed E-state index contributed by atoms with van der Waals surface area (Å²) in [6, 6.07) is 13.7. The molecular formula is C22H32N+. The molecule has 23 heavy (non-hydrogen) atoms. The van der Waals surface area contributed by atoms with Crippen molar-refractivity contribution in [1.82, 2.24) is 0 Å². The molecule has 0 atom stereocenters. The molecule has 1 nitrogen and oxygen atoms in total. The third-order valence-electron chi connectivity index (χ3n) is 4.59. The maximum absolute atomic E-state index is 2.33. The average Bonchev–Trinajstić information content (AvgIpc) is 2.58. The molecule has 0 amide bonds. The van der Waals surface area contributed by atoms with E-state index in [-0.39, 0.29) is 0 Å². The number of pyridine rings is 1. The smallest absolute Gasteiger partial charge is 0.168 e. The molecule has 0 spiro atoms. The summed E-state index contributed by atoms with van der Waals surface area (Å²) in [5.74, 6) is 0. The fourth-order valence-corrected chi connectivity index (χ4v) is 2.97. The van der Waals surface area contributed by atoms with Crippen LogP contribution in [0.15, 0.2) is 48.8 Å². The van der Waals surface area contributed by atoms with Crippen molar-refractivity contribution in [2.45, 2.75) is 64.7 Å². The summed E-state index contributed by atoms with van der Waals surface area (Å²) in [7, 11) is 2.06. The highest BCUT2D eigenvalue weighted by atomic mass is 14.9. The predicted molar refractivity (Wildman–Crippen MR) is 98.5 cm³/mol. The Labute approximate surface area is 142 Å². The number of hydrogen-bond acceptors (Lipinski definition) is 0. The molecule has 1 heteroatoms. The topological polar surface area (TPSA) is 3.88 Å². The fourth-order valence-electron chi connectivity index (χ4n) is 2.97. The minimum atomic E-state index is 1.12. The van der Waals surface area contributed by atoms with Gasteiger partial charge in [0, 0.05) is 12.1 Å². The van der Waals surface area contributed by atoms with Gasteiger partial charge in [0.15, 0.2) is 12.4 Å². The van der Waals surface area contributed by atoms with Gasteiger partial charge >= 0.3 is 0 Å². The van der Waals surface area contributed by atoms with Gasteiger partial charge in [0.05, 0.1) is 0 Å². The number of benzene rings is 1. The molecule has 0 aliphatic heterocycles. The lowest BCUT2D eigenvalue weighted by atomic mass is 10.0. The van der Waals surface area contributed by atoms with Crippen LogP contribution in [0.2, 0.25) is 0 Å². The summed E-state index contributed by atoms with van der Waals surface area (Å²) in [5.41, 5.74) is 4.36. The van der Waals surface area contributed by atoms with Crippen molar-refractivity contribution in [2.24, 2.45) is 7.05 Å². The number of unbranched alkanes of at least 4 members (excludes halogenated alkanes) is 5. The van der Waals surface area contributed by atoms with E-state index in [0.29, 0.717) is 0 Å². The minimum Gasteiger partial charge on any atom is -0.208 e. The zero-order valence-electron chi connectivity index (χ0n) is 14.9. The van der Waals surface area contributed by atoms with Gasteiger partial charge in [0.25, 0.3) is 0 Å². The number of rotatable bonds is 10. The Balaban J connectivity index is 1.68. The van der Waals surface area contributed by atoms with Crippen LogP contribution in [0.3, 0.4) is 0 Å². The predicted octanol–water partition coefficient (Wildman–Crippen LogP) is 5.20.